The van der Waals surface area contributed by atoms with Crippen LogP contribution < -0.4 is 5.32 Å². The summed E-state index contributed by atoms with van der Waals surface area (Å²) in [5, 5.41) is 3.40. The summed E-state index contributed by atoms with van der Waals surface area (Å²) < 4.78 is 5.36. The molecule has 4 aliphatic carbocycles. The normalized spacial score (nSPS) is 30.3. The number of hydrogen-bond acceptors (Lipinski definition) is 5. The van der Waals surface area contributed by atoms with Gasteiger partial charge in [0.15, 0.2) is 6.61 Å². The van der Waals surface area contributed by atoms with Crippen molar-refractivity contribution in [3.63, 3.8) is 0 Å². The first-order chi connectivity index (χ1) is 16.4. The fourth-order valence-corrected chi connectivity index (χ4v) is 7.89. The third kappa shape index (κ3) is 5.29. The predicted octanol–water partition coefficient (Wildman–Crippen LogP) is 4.28. The lowest BCUT2D eigenvalue weighted by Gasteiger charge is -2.56. The van der Waals surface area contributed by atoms with Gasteiger partial charge >= 0.3 is 5.97 Å². The van der Waals surface area contributed by atoms with Gasteiger partial charge in [-0.2, -0.15) is 0 Å². The molecule has 1 aromatic rings. The summed E-state index contributed by atoms with van der Waals surface area (Å²) >= 11 is 1.37. The zero-order chi connectivity index (χ0) is 23.7. The van der Waals surface area contributed by atoms with E-state index < -0.39 is 5.97 Å². The molecule has 5 aliphatic rings. The fourth-order valence-electron chi connectivity index (χ4n) is 7.05. The van der Waals surface area contributed by atoms with Crippen molar-refractivity contribution >= 4 is 29.5 Å². The van der Waals surface area contributed by atoms with E-state index in [1.54, 1.807) is 17.0 Å². The van der Waals surface area contributed by atoms with Gasteiger partial charge < -0.3 is 15.0 Å². The number of ether oxygens (including phenoxy) is 1. The van der Waals surface area contributed by atoms with Crippen LogP contribution in [0.2, 0.25) is 0 Å². The minimum Gasteiger partial charge on any atom is -0.452 e. The van der Waals surface area contributed by atoms with Crippen LogP contribution >= 0.6 is 11.8 Å². The van der Waals surface area contributed by atoms with Crippen LogP contribution in [0, 0.1) is 23.7 Å². The summed E-state index contributed by atoms with van der Waals surface area (Å²) in [5.41, 5.74) is 0.410. The van der Waals surface area contributed by atoms with Crippen molar-refractivity contribution in [1.29, 1.82) is 0 Å². The van der Waals surface area contributed by atoms with Crippen molar-refractivity contribution in [1.82, 2.24) is 10.2 Å². The molecule has 0 atom stereocenters. The number of benzene rings is 1. The number of esters is 1. The monoisotopic (exact) mass is 484 g/mol. The molecule has 0 aromatic heterocycles. The lowest BCUT2D eigenvalue weighted by Crippen LogP contribution is -2.60. The number of rotatable bonds is 7. The molecule has 4 bridgehead atoms. The average molecular weight is 485 g/mol. The van der Waals surface area contributed by atoms with E-state index in [0.717, 1.165) is 62.9 Å². The Labute approximate surface area is 206 Å². The van der Waals surface area contributed by atoms with E-state index in [1.807, 2.05) is 12.1 Å². The number of thioether (sulfide) groups is 1. The highest BCUT2D eigenvalue weighted by atomic mass is 32.2. The Hall–Kier alpha value is -2.02. The Morgan fingerprint density at radius 2 is 1.65 bits per heavy atom. The number of amides is 2. The van der Waals surface area contributed by atoms with Crippen molar-refractivity contribution in [2.45, 2.75) is 68.7 Å². The predicted molar refractivity (Wildman–Crippen MR) is 131 cm³/mol. The molecule has 0 radical (unpaired) electrons. The van der Waals surface area contributed by atoms with Gasteiger partial charge in [-0.1, -0.05) is 19.1 Å². The SMILES string of the molecule is CC1CCN(C(=O)COC(=O)c2ccccc2SCC(=O)NC23CC4CC(CC(C4)C2)C3)CC1. The highest BCUT2D eigenvalue weighted by molar-refractivity contribution is 8.00. The van der Waals surface area contributed by atoms with Gasteiger partial charge in [-0.05, 0) is 87.2 Å². The molecule has 1 N–H and O–H groups in total. The van der Waals surface area contributed by atoms with E-state index in [1.165, 1.54) is 31.0 Å². The van der Waals surface area contributed by atoms with Crippen molar-refractivity contribution < 1.29 is 19.1 Å². The standard InChI is InChI=1S/C27H36N2O4S/c1-18-6-8-29(9-7-18)25(31)16-33-26(32)22-4-2-3-5-23(22)34-17-24(30)28-27-13-19-10-20(14-27)12-21(11-19)15-27/h2-5,18-21H,6-17H2,1H3,(H,28,30). The van der Waals surface area contributed by atoms with E-state index >= 15 is 0 Å². The van der Waals surface area contributed by atoms with Gasteiger partial charge in [-0.25, -0.2) is 4.79 Å². The van der Waals surface area contributed by atoms with Gasteiger partial charge in [-0.3, -0.25) is 9.59 Å². The second-order valence-corrected chi connectivity index (χ2v) is 12.2. The summed E-state index contributed by atoms with van der Waals surface area (Å²) in [4.78, 5) is 40.6. The molecule has 0 spiro atoms. The molecule has 4 saturated carbocycles. The maximum atomic E-state index is 12.9. The van der Waals surface area contributed by atoms with E-state index in [2.05, 4.69) is 12.2 Å². The quantitative estimate of drug-likeness (QED) is 0.462. The van der Waals surface area contributed by atoms with Crippen LogP contribution in [-0.4, -0.2) is 53.7 Å². The molecule has 1 aromatic carbocycles. The molecular weight excluding hydrogens is 448 g/mol. The topological polar surface area (TPSA) is 75.7 Å². The first-order valence-electron chi connectivity index (χ1n) is 12.9. The third-order valence-electron chi connectivity index (χ3n) is 8.37. The molecule has 34 heavy (non-hydrogen) atoms. The number of nitrogens with one attached hydrogen (secondary N) is 1. The molecule has 6 rings (SSSR count). The fraction of sp³-hybridized carbons (Fsp3) is 0.667. The molecule has 1 saturated heterocycles. The number of hydrogen-bond donors (Lipinski definition) is 1. The maximum absolute atomic E-state index is 12.9. The lowest BCUT2D eigenvalue weighted by molar-refractivity contribution is -0.135. The molecule has 0 unspecified atom stereocenters. The third-order valence-corrected chi connectivity index (χ3v) is 9.45. The van der Waals surface area contributed by atoms with Crippen molar-refractivity contribution in [3.05, 3.63) is 29.8 Å². The Bertz CT molecular complexity index is 905. The summed E-state index contributed by atoms with van der Waals surface area (Å²) in [5.74, 6) is 2.66. The second-order valence-electron chi connectivity index (χ2n) is 11.2. The minimum atomic E-state index is -0.511. The summed E-state index contributed by atoms with van der Waals surface area (Å²) in [6.45, 7) is 3.41. The van der Waals surface area contributed by atoms with Gasteiger partial charge in [0.25, 0.3) is 5.91 Å². The molecule has 1 heterocycles. The Morgan fingerprint density at radius 1 is 1.03 bits per heavy atom. The summed E-state index contributed by atoms with van der Waals surface area (Å²) in [7, 11) is 0. The van der Waals surface area contributed by atoms with Crippen LogP contribution in [0.3, 0.4) is 0 Å². The lowest BCUT2D eigenvalue weighted by atomic mass is 9.53. The zero-order valence-corrected chi connectivity index (χ0v) is 20.9. The number of piperidine rings is 1. The number of carbonyl (C=O) groups excluding carboxylic acids is 3. The van der Waals surface area contributed by atoms with E-state index in [0.29, 0.717) is 16.4 Å². The minimum absolute atomic E-state index is 0.00253. The van der Waals surface area contributed by atoms with Crippen LogP contribution in [0.15, 0.2) is 29.2 Å². The van der Waals surface area contributed by atoms with E-state index in [-0.39, 0.29) is 29.7 Å². The maximum Gasteiger partial charge on any atom is 0.339 e. The van der Waals surface area contributed by atoms with Crippen LogP contribution in [0.4, 0.5) is 0 Å². The van der Waals surface area contributed by atoms with Crippen molar-refractivity contribution in [3.8, 4) is 0 Å². The molecule has 5 fully saturated rings. The number of carbonyl (C=O) groups is 3. The summed E-state index contributed by atoms with van der Waals surface area (Å²) in [6, 6.07) is 7.18. The van der Waals surface area contributed by atoms with E-state index in [4.69, 9.17) is 4.74 Å². The van der Waals surface area contributed by atoms with Crippen LogP contribution in [-0.2, 0) is 14.3 Å². The second kappa shape index (κ2) is 9.92. The smallest absolute Gasteiger partial charge is 0.339 e. The van der Waals surface area contributed by atoms with Gasteiger partial charge in [0.2, 0.25) is 5.91 Å². The molecule has 2 amide bonds. The molecule has 1 aliphatic heterocycles. The zero-order valence-electron chi connectivity index (χ0n) is 20.1. The number of nitrogens with zero attached hydrogens (tertiary/aromatic N) is 1. The van der Waals surface area contributed by atoms with Gasteiger partial charge in [0.05, 0.1) is 11.3 Å². The summed E-state index contributed by atoms with van der Waals surface area (Å²) in [6.07, 6.45) is 9.40. The molecule has 184 valence electrons. The largest absolute Gasteiger partial charge is 0.452 e. The van der Waals surface area contributed by atoms with Crippen LogP contribution in [0.25, 0.3) is 0 Å². The van der Waals surface area contributed by atoms with Crippen molar-refractivity contribution in [2.24, 2.45) is 23.7 Å². The highest BCUT2D eigenvalue weighted by Crippen LogP contribution is 2.55. The first kappa shape index (κ1) is 23.7. The van der Waals surface area contributed by atoms with Crippen molar-refractivity contribution in [2.75, 3.05) is 25.4 Å². The molecule has 6 nitrogen and oxygen atoms in total. The molecular formula is C27H36N2O4S. The Morgan fingerprint density at radius 3 is 2.29 bits per heavy atom. The average Bonchev–Trinajstić information content (AvgIpc) is 2.80. The highest BCUT2D eigenvalue weighted by Gasteiger charge is 2.51. The molecule has 7 heteroatoms. The van der Waals surface area contributed by atoms with Gasteiger partial charge in [0, 0.05) is 23.5 Å². The van der Waals surface area contributed by atoms with Crippen LogP contribution in [0.1, 0.15) is 68.6 Å². The van der Waals surface area contributed by atoms with Gasteiger partial charge in [-0.15, -0.1) is 11.8 Å². The van der Waals surface area contributed by atoms with Crippen LogP contribution in [0.5, 0.6) is 0 Å². The Balaban J connectivity index is 1.13. The number of likely N-dealkylation sites (tertiary alicyclic amines) is 1. The van der Waals surface area contributed by atoms with E-state index in [9.17, 15) is 14.4 Å². The first-order valence-corrected chi connectivity index (χ1v) is 13.9. The Kier molecular flexibility index (Phi) is 6.92. The van der Waals surface area contributed by atoms with Gasteiger partial charge in [0.1, 0.15) is 0 Å².